The van der Waals surface area contributed by atoms with Gasteiger partial charge in [0.2, 0.25) is 4.21 Å². The second-order valence-corrected chi connectivity index (χ2v) is 10.3. The van der Waals surface area contributed by atoms with E-state index in [0.717, 1.165) is 50.5 Å². The van der Waals surface area contributed by atoms with Crippen LogP contribution in [-0.4, -0.2) is 25.4 Å². The van der Waals surface area contributed by atoms with Crippen LogP contribution in [-0.2, 0) is 17.8 Å². The number of nitrogen functional groups attached to an aromatic ring is 1. The first-order valence-electron chi connectivity index (χ1n) is 9.33. The number of aliphatic hydroxyl groups excluding tert-OH is 1. The topological polar surface area (TPSA) is 95.1 Å². The van der Waals surface area contributed by atoms with Gasteiger partial charge in [0.15, 0.2) is 0 Å². The molecule has 1 unspecified atom stereocenters. The van der Waals surface area contributed by atoms with E-state index in [4.69, 9.17) is 10.7 Å². The lowest BCUT2D eigenvalue weighted by Crippen LogP contribution is -2.06. The lowest BCUT2D eigenvalue weighted by Gasteiger charge is -2.10. The number of anilines is 1. The smallest absolute Gasteiger partial charge is 0.232 e. The van der Waals surface area contributed by atoms with Crippen molar-refractivity contribution in [3.8, 4) is 21.8 Å². The molecule has 0 amide bonds. The average molecular weight is 444 g/mol. The minimum absolute atomic E-state index is 0.0349. The van der Waals surface area contributed by atoms with Gasteiger partial charge in [-0.25, -0.2) is 9.97 Å². The summed E-state index contributed by atoms with van der Waals surface area (Å²) in [6.45, 7) is 2.05. The maximum atomic E-state index is 12.8. The summed E-state index contributed by atoms with van der Waals surface area (Å²) in [7, 11) is 0. The highest BCUT2D eigenvalue weighted by molar-refractivity contribution is 7.93. The number of fused-ring (bicyclic) bond motifs is 1. The molecule has 3 aromatic heterocycles. The van der Waals surface area contributed by atoms with E-state index in [-0.39, 0.29) is 6.61 Å². The summed E-state index contributed by atoms with van der Waals surface area (Å²) in [6.07, 6.45) is 3.64. The van der Waals surface area contributed by atoms with Crippen LogP contribution in [0.3, 0.4) is 0 Å². The van der Waals surface area contributed by atoms with Gasteiger partial charge >= 0.3 is 0 Å². The summed E-state index contributed by atoms with van der Waals surface area (Å²) in [5, 5.41) is 13.1. The van der Waals surface area contributed by atoms with Crippen LogP contribution in [0.25, 0.3) is 32.0 Å². The third-order valence-corrected chi connectivity index (χ3v) is 8.42. The third kappa shape index (κ3) is 4.04. The molecule has 0 aliphatic rings. The first kappa shape index (κ1) is 20.3. The zero-order valence-electron chi connectivity index (χ0n) is 15.9. The first-order chi connectivity index (χ1) is 14.1. The van der Waals surface area contributed by atoms with Crippen molar-refractivity contribution in [1.82, 2.24) is 9.97 Å². The number of benzene rings is 1. The number of rotatable bonds is 7. The minimum atomic E-state index is -1.14. The van der Waals surface area contributed by atoms with Crippen molar-refractivity contribution < 1.29 is 9.66 Å². The van der Waals surface area contributed by atoms with Gasteiger partial charge in [-0.2, -0.15) is 0 Å². The molecule has 3 N–H and O–H groups in total. The van der Waals surface area contributed by atoms with Crippen molar-refractivity contribution >= 4 is 49.8 Å². The molecular formula is C21H21N3O2S3. The Labute approximate surface area is 180 Å². The monoisotopic (exact) mass is 443 g/mol. The van der Waals surface area contributed by atoms with Crippen LogP contribution >= 0.6 is 22.7 Å². The molecule has 29 heavy (non-hydrogen) atoms. The lowest BCUT2D eigenvalue weighted by molar-refractivity contribution is 0.282. The van der Waals surface area contributed by atoms with Crippen molar-refractivity contribution in [3.63, 3.8) is 0 Å². The van der Waals surface area contributed by atoms with Gasteiger partial charge in [-0.1, -0.05) is 42.9 Å². The molecule has 8 heteroatoms. The summed E-state index contributed by atoms with van der Waals surface area (Å²) in [5.74, 6) is 0.599. The Bertz CT molecular complexity index is 1130. The third-order valence-electron chi connectivity index (χ3n) is 4.63. The van der Waals surface area contributed by atoms with Gasteiger partial charge in [0.25, 0.3) is 0 Å². The molecule has 0 radical (unpaired) electrons. The standard InChI is InChI=1S/C21H21N3O2S3/c1-2-3-9-29(26)21-18(22)17-15(14-6-4-5-13(10-14)12-25)11-16(24-20(17)28-21)19-23-7-8-27-19/h4-8,10-11,25H,2-3,9,12,22H2,1H3. The molecule has 150 valence electrons. The zero-order chi connectivity index (χ0) is 20.4. The fraction of sp³-hybridized carbons (Fsp3) is 0.238. The quantitative estimate of drug-likeness (QED) is 0.389. The molecule has 0 spiro atoms. The number of unbranched alkanes of at least 4 members (excludes halogenated alkanes) is 1. The Morgan fingerprint density at radius 2 is 2.14 bits per heavy atom. The molecule has 3 heterocycles. The number of hydrogen-bond donors (Lipinski definition) is 2. The molecule has 0 aliphatic carbocycles. The molecule has 0 fully saturated rings. The maximum absolute atomic E-state index is 12.8. The number of aromatic nitrogens is 2. The van der Waals surface area contributed by atoms with Crippen LogP contribution in [0.2, 0.25) is 0 Å². The van der Waals surface area contributed by atoms with E-state index in [1.165, 1.54) is 22.7 Å². The Hall–Kier alpha value is -1.97. The van der Waals surface area contributed by atoms with Crippen LogP contribution in [0.5, 0.6) is 0 Å². The molecule has 5 nitrogen and oxygen atoms in total. The van der Waals surface area contributed by atoms with Gasteiger partial charge in [-0.15, -0.1) is 11.3 Å². The van der Waals surface area contributed by atoms with E-state index < -0.39 is 11.2 Å². The largest absolute Gasteiger partial charge is 0.611 e. The summed E-state index contributed by atoms with van der Waals surface area (Å²) < 4.78 is 13.5. The fourth-order valence-electron chi connectivity index (χ4n) is 3.16. The minimum Gasteiger partial charge on any atom is -0.611 e. The van der Waals surface area contributed by atoms with E-state index in [1.807, 2.05) is 35.7 Å². The summed E-state index contributed by atoms with van der Waals surface area (Å²) >= 11 is 1.79. The fourth-order valence-corrected chi connectivity index (χ4v) is 6.56. The Morgan fingerprint density at radius 3 is 2.86 bits per heavy atom. The molecule has 1 aromatic carbocycles. The van der Waals surface area contributed by atoms with E-state index in [1.54, 1.807) is 6.20 Å². The van der Waals surface area contributed by atoms with Crippen molar-refractivity contribution in [3.05, 3.63) is 47.5 Å². The number of thiophene rings is 1. The highest BCUT2D eigenvalue weighted by Crippen LogP contribution is 2.43. The Kier molecular flexibility index (Phi) is 6.17. The maximum Gasteiger partial charge on any atom is 0.232 e. The number of nitrogens with two attached hydrogens (primary N) is 1. The van der Waals surface area contributed by atoms with Crippen LogP contribution in [0.1, 0.15) is 25.3 Å². The van der Waals surface area contributed by atoms with Gasteiger partial charge in [-0.3, -0.25) is 0 Å². The van der Waals surface area contributed by atoms with Gasteiger partial charge < -0.3 is 15.4 Å². The number of nitrogens with zero attached hydrogens (tertiary/aromatic N) is 2. The van der Waals surface area contributed by atoms with Crippen molar-refractivity contribution in [2.75, 3.05) is 11.5 Å². The average Bonchev–Trinajstić information content (AvgIpc) is 3.40. The number of thiazole rings is 1. The van der Waals surface area contributed by atoms with Crippen LogP contribution in [0.4, 0.5) is 5.69 Å². The second kappa shape index (κ2) is 8.81. The summed E-state index contributed by atoms with van der Waals surface area (Å²) in [6, 6.07) is 9.72. The van der Waals surface area contributed by atoms with E-state index >= 15 is 0 Å². The molecular weight excluding hydrogens is 422 g/mol. The molecule has 0 bridgehead atoms. The number of hydrogen-bond acceptors (Lipinski definition) is 7. The van der Waals surface area contributed by atoms with Gasteiger partial charge in [-0.05, 0) is 46.4 Å². The van der Waals surface area contributed by atoms with Crippen LogP contribution in [0, 0.1) is 0 Å². The number of pyridine rings is 1. The SMILES string of the molecule is CCCC[S+]([O-])c1sc2nc(-c3nccs3)cc(-c3cccc(CO)c3)c2c1N. The highest BCUT2D eigenvalue weighted by atomic mass is 32.2. The predicted octanol–water partition coefficient (Wildman–Crippen LogP) is 5.07. The predicted molar refractivity (Wildman–Crippen MR) is 123 cm³/mol. The normalized spacial score (nSPS) is 12.5. The van der Waals surface area contributed by atoms with Gasteiger partial charge in [0, 0.05) is 17.0 Å². The van der Waals surface area contributed by atoms with E-state index in [0.29, 0.717) is 15.6 Å². The van der Waals surface area contributed by atoms with Crippen molar-refractivity contribution in [2.45, 2.75) is 30.6 Å². The highest BCUT2D eigenvalue weighted by Gasteiger charge is 2.25. The van der Waals surface area contributed by atoms with E-state index in [9.17, 15) is 9.66 Å². The summed E-state index contributed by atoms with van der Waals surface area (Å²) in [4.78, 5) is 9.95. The van der Waals surface area contributed by atoms with E-state index in [2.05, 4.69) is 11.9 Å². The zero-order valence-corrected chi connectivity index (χ0v) is 18.4. The molecule has 1 atom stereocenters. The number of aliphatic hydroxyl groups is 1. The second-order valence-electron chi connectivity index (χ2n) is 6.64. The van der Waals surface area contributed by atoms with Gasteiger partial charge in [0.05, 0.1) is 6.61 Å². The Morgan fingerprint density at radius 1 is 1.28 bits per heavy atom. The van der Waals surface area contributed by atoms with Crippen LogP contribution in [0.15, 0.2) is 46.1 Å². The molecule has 0 saturated heterocycles. The molecule has 0 saturated carbocycles. The molecule has 4 aromatic rings. The Balaban J connectivity index is 1.94. The molecule has 0 aliphatic heterocycles. The van der Waals surface area contributed by atoms with Crippen molar-refractivity contribution in [1.29, 1.82) is 0 Å². The van der Waals surface area contributed by atoms with Crippen LogP contribution < -0.4 is 5.73 Å². The summed E-state index contributed by atoms with van der Waals surface area (Å²) in [5.41, 5.74) is 10.5. The first-order valence-corrected chi connectivity index (χ1v) is 12.3. The van der Waals surface area contributed by atoms with Crippen molar-refractivity contribution in [2.24, 2.45) is 0 Å². The van der Waals surface area contributed by atoms with Gasteiger partial charge in [0.1, 0.15) is 27.0 Å². The lowest BCUT2D eigenvalue weighted by atomic mass is 10.00. The molecule has 4 rings (SSSR count).